The number of ether oxygens (including phenoxy) is 4. The highest BCUT2D eigenvalue weighted by Gasteiger charge is 2.61. The molecule has 3 aliphatic heterocycles. The molecule has 0 aliphatic carbocycles. The van der Waals surface area contributed by atoms with E-state index in [4.69, 9.17) is 18.9 Å². The van der Waals surface area contributed by atoms with Crippen molar-refractivity contribution in [2.24, 2.45) is 5.92 Å². The number of aryl methyl sites for hydroxylation is 1. The summed E-state index contributed by atoms with van der Waals surface area (Å²) in [5.41, 5.74) is -0.761. The van der Waals surface area contributed by atoms with E-state index >= 15 is 0 Å². The van der Waals surface area contributed by atoms with Crippen LogP contribution in [0.1, 0.15) is 106 Å². The lowest BCUT2D eigenvalue weighted by Gasteiger charge is -2.43. The van der Waals surface area contributed by atoms with Crippen molar-refractivity contribution in [3.05, 3.63) is 35.4 Å². The zero-order valence-electron chi connectivity index (χ0n) is 26.3. The van der Waals surface area contributed by atoms with E-state index < -0.39 is 11.8 Å². The van der Waals surface area contributed by atoms with Crippen molar-refractivity contribution in [3.63, 3.8) is 0 Å². The summed E-state index contributed by atoms with van der Waals surface area (Å²) in [6.45, 7) is 24.4. The summed E-state index contributed by atoms with van der Waals surface area (Å²) in [7, 11) is 1.74. The molecule has 226 valence electrons. The zero-order valence-corrected chi connectivity index (χ0v) is 26.3. The largest absolute Gasteiger partial charge is 0.421 e. The van der Waals surface area contributed by atoms with Crippen LogP contribution in [0.5, 0.6) is 0 Å². The van der Waals surface area contributed by atoms with Crippen LogP contribution in [0.15, 0.2) is 24.3 Å². The van der Waals surface area contributed by atoms with Crippen molar-refractivity contribution in [1.82, 2.24) is 0 Å². The van der Waals surface area contributed by atoms with Gasteiger partial charge in [0.15, 0.2) is 5.60 Å². The van der Waals surface area contributed by atoms with E-state index in [1.165, 1.54) is 18.6 Å². The van der Waals surface area contributed by atoms with Gasteiger partial charge in [-0.05, 0) is 58.4 Å². The minimum absolute atomic E-state index is 0.0135. The third-order valence-electron chi connectivity index (χ3n) is 6.79. The molecule has 3 saturated heterocycles. The Labute approximate surface area is 232 Å². The van der Waals surface area contributed by atoms with Crippen molar-refractivity contribution in [1.29, 1.82) is 0 Å². The number of halogens is 3. The van der Waals surface area contributed by atoms with Gasteiger partial charge in [-0.3, -0.25) is 0 Å². The third kappa shape index (κ3) is 12.4. The molecule has 0 saturated carbocycles. The van der Waals surface area contributed by atoms with Crippen LogP contribution in [-0.4, -0.2) is 50.9 Å². The van der Waals surface area contributed by atoms with Gasteiger partial charge in [-0.25, -0.2) is 0 Å². The maximum Gasteiger partial charge on any atom is 0.421 e. The lowest BCUT2D eigenvalue weighted by Crippen LogP contribution is -2.52. The number of alkyl halides is 3. The molecule has 38 heavy (non-hydrogen) atoms. The summed E-state index contributed by atoms with van der Waals surface area (Å²) in [6.07, 6.45) is -0.0129. The van der Waals surface area contributed by atoms with Crippen LogP contribution in [0.4, 0.5) is 13.2 Å². The Hall–Kier alpha value is -1.15. The van der Waals surface area contributed by atoms with Gasteiger partial charge in [-0.1, -0.05) is 78.3 Å². The van der Waals surface area contributed by atoms with Gasteiger partial charge in [0, 0.05) is 20.1 Å². The van der Waals surface area contributed by atoms with Gasteiger partial charge in [0.05, 0.1) is 31.0 Å². The molecule has 0 amide bonds. The van der Waals surface area contributed by atoms with Gasteiger partial charge in [0.2, 0.25) is 0 Å². The Kier molecular flexibility index (Phi) is 20.4. The van der Waals surface area contributed by atoms with E-state index in [0.29, 0.717) is 12.2 Å². The third-order valence-corrected chi connectivity index (χ3v) is 6.79. The Balaban J connectivity index is 0. The molecule has 4 atom stereocenters. The fourth-order valence-corrected chi connectivity index (χ4v) is 3.78. The first-order chi connectivity index (χ1) is 17.9. The van der Waals surface area contributed by atoms with Crippen molar-refractivity contribution in [3.8, 4) is 0 Å². The van der Waals surface area contributed by atoms with Gasteiger partial charge in [-0.15, -0.1) is 0 Å². The molecule has 0 bridgehead atoms. The fraction of sp³-hybridized carbons (Fsp3) is 0.806. The van der Waals surface area contributed by atoms with Crippen LogP contribution in [0.25, 0.3) is 0 Å². The Bertz CT molecular complexity index is 677. The van der Waals surface area contributed by atoms with Crippen LogP contribution < -0.4 is 0 Å². The lowest BCUT2D eigenvalue weighted by molar-refractivity contribution is -0.333. The molecule has 3 fully saturated rings. The normalized spacial score (nSPS) is 27.0. The molecule has 3 heterocycles. The van der Waals surface area contributed by atoms with Gasteiger partial charge >= 0.3 is 6.18 Å². The zero-order chi connectivity index (χ0) is 30.0. The minimum Gasteiger partial charge on any atom is -0.379 e. The summed E-state index contributed by atoms with van der Waals surface area (Å²) in [4.78, 5) is 0. The SMILES string of the molecule is CC.CC.CC.CC1CCOC1(C)C.COC1CCC(C)OC1.Cc1ccc(C2(C(F)(F)F)CCO2)cc1. The van der Waals surface area contributed by atoms with Crippen molar-refractivity contribution >= 4 is 0 Å². The molecule has 4 rings (SSSR count). The number of benzene rings is 1. The second kappa shape index (κ2) is 19.8. The Morgan fingerprint density at radius 1 is 0.842 bits per heavy atom. The molecule has 0 spiro atoms. The molecule has 4 nitrogen and oxygen atoms in total. The van der Waals surface area contributed by atoms with Crippen molar-refractivity contribution in [2.75, 3.05) is 26.9 Å². The average molecular weight is 551 g/mol. The number of rotatable bonds is 2. The van der Waals surface area contributed by atoms with E-state index in [9.17, 15) is 13.2 Å². The van der Waals surface area contributed by atoms with E-state index in [1.807, 2.05) is 48.5 Å². The highest BCUT2D eigenvalue weighted by atomic mass is 19.4. The van der Waals surface area contributed by atoms with E-state index in [1.54, 1.807) is 19.2 Å². The van der Waals surface area contributed by atoms with Gasteiger partial charge in [0.1, 0.15) is 0 Å². The standard InChI is InChI=1S/C11H11F3O.C7H14O2.C7H14O.3C2H6/c1-8-2-4-9(5-3-8)10(6-7-15-10)11(12,13)14;1-6-3-4-7(8-2)5-9-6;1-6-4-5-8-7(6,2)3;3*1-2/h2-5H,6-7H2,1H3;6-7H,3-5H2,1-2H3;6H,4-5H2,1-3H3;3*1-2H3. The van der Waals surface area contributed by atoms with Crippen molar-refractivity contribution in [2.45, 2.75) is 131 Å². The number of methoxy groups -OCH3 is 1. The van der Waals surface area contributed by atoms with Crippen molar-refractivity contribution < 1.29 is 32.1 Å². The highest BCUT2D eigenvalue weighted by molar-refractivity contribution is 5.29. The minimum atomic E-state index is -4.33. The average Bonchev–Trinajstić information content (AvgIpc) is 3.19. The van der Waals surface area contributed by atoms with Crippen LogP contribution in [-0.2, 0) is 24.5 Å². The first kappa shape index (κ1) is 39.0. The topological polar surface area (TPSA) is 36.9 Å². The first-order valence-electron chi connectivity index (χ1n) is 14.5. The Morgan fingerprint density at radius 2 is 1.37 bits per heavy atom. The molecule has 3 aliphatic rings. The number of hydrogen-bond donors (Lipinski definition) is 0. The van der Waals surface area contributed by atoms with Gasteiger partial charge in [-0.2, -0.15) is 13.2 Å². The maximum absolute atomic E-state index is 12.8. The van der Waals surface area contributed by atoms with E-state index in [2.05, 4.69) is 27.7 Å². The van der Waals surface area contributed by atoms with Gasteiger partial charge in [0.25, 0.3) is 0 Å². The van der Waals surface area contributed by atoms with Crippen LogP contribution in [0.3, 0.4) is 0 Å². The molecule has 4 unspecified atom stereocenters. The summed E-state index contributed by atoms with van der Waals surface area (Å²) in [5, 5.41) is 0. The molecule has 7 heteroatoms. The second-order valence-corrected chi connectivity index (χ2v) is 9.51. The van der Waals surface area contributed by atoms with E-state index in [0.717, 1.165) is 37.5 Å². The predicted octanol–water partition coefficient (Wildman–Crippen LogP) is 9.27. The summed E-state index contributed by atoms with van der Waals surface area (Å²) < 4.78 is 59.2. The lowest BCUT2D eigenvalue weighted by atomic mass is 9.85. The molecule has 1 aromatic rings. The number of hydrogen-bond acceptors (Lipinski definition) is 4. The predicted molar refractivity (Wildman–Crippen MR) is 153 cm³/mol. The molecule has 0 radical (unpaired) electrons. The monoisotopic (exact) mass is 550 g/mol. The molecular formula is C31H57F3O4. The van der Waals surface area contributed by atoms with Crippen LogP contribution in [0, 0.1) is 12.8 Å². The van der Waals surface area contributed by atoms with Crippen LogP contribution in [0.2, 0.25) is 0 Å². The van der Waals surface area contributed by atoms with Gasteiger partial charge < -0.3 is 18.9 Å². The summed E-state index contributed by atoms with van der Waals surface area (Å²) >= 11 is 0. The molecule has 0 N–H and O–H groups in total. The molecule has 1 aromatic carbocycles. The fourth-order valence-electron chi connectivity index (χ4n) is 3.78. The maximum atomic E-state index is 12.8. The molecule has 0 aromatic heterocycles. The summed E-state index contributed by atoms with van der Waals surface area (Å²) in [6, 6.07) is 6.32. The molecular weight excluding hydrogens is 493 g/mol. The van der Waals surface area contributed by atoms with E-state index in [-0.39, 0.29) is 24.2 Å². The smallest absolute Gasteiger partial charge is 0.379 e. The highest BCUT2D eigenvalue weighted by Crippen LogP contribution is 2.50. The quantitative estimate of drug-likeness (QED) is 0.368. The Morgan fingerprint density at radius 3 is 1.63 bits per heavy atom. The first-order valence-corrected chi connectivity index (χ1v) is 14.5. The van der Waals surface area contributed by atoms with Crippen LogP contribution >= 0.6 is 0 Å². The summed E-state index contributed by atoms with van der Waals surface area (Å²) in [5.74, 6) is 0.738. The second-order valence-electron chi connectivity index (χ2n) is 9.51.